The molecule has 0 bridgehead atoms. The standard InChI is InChI=1S/C15H23BrO.C9H10O2/c1-11(2)15(4,5)17-10-12(3)13-6-8-14(16)9-7-13;1-8(10)11-7-9-5-3-2-4-6-9/h6-9,11-12H,10H2,1-5H3;2-6H,7H2,1H3. The molecule has 2 aromatic carbocycles. The highest BCUT2D eigenvalue weighted by Gasteiger charge is 2.23. The van der Waals surface area contributed by atoms with Crippen LogP contribution in [0.1, 0.15) is 58.6 Å². The topological polar surface area (TPSA) is 35.5 Å². The number of esters is 1. The van der Waals surface area contributed by atoms with Crippen molar-refractivity contribution in [3.05, 3.63) is 70.2 Å². The lowest BCUT2D eigenvalue weighted by Crippen LogP contribution is -2.32. The third-order valence-electron chi connectivity index (χ3n) is 4.82. The predicted molar refractivity (Wildman–Crippen MR) is 119 cm³/mol. The summed E-state index contributed by atoms with van der Waals surface area (Å²) in [5.74, 6) is 0.717. The zero-order valence-corrected chi connectivity index (χ0v) is 19.5. The molecule has 0 saturated carbocycles. The molecule has 0 aliphatic rings. The minimum absolute atomic E-state index is 0.0520. The molecule has 154 valence electrons. The maximum atomic E-state index is 10.4. The fraction of sp³-hybridized carbons (Fsp3) is 0.458. The molecule has 0 aliphatic heterocycles. The lowest BCUT2D eigenvalue weighted by atomic mass is 9.94. The lowest BCUT2D eigenvalue weighted by Gasteiger charge is -2.31. The second kappa shape index (κ2) is 12.0. The molecule has 3 nitrogen and oxygen atoms in total. The molecule has 4 heteroatoms. The van der Waals surface area contributed by atoms with Crippen LogP contribution in [0.5, 0.6) is 0 Å². The zero-order chi connectivity index (χ0) is 21.2. The van der Waals surface area contributed by atoms with Crippen molar-refractivity contribution in [2.45, 2.75) is 59.7 Å². The first-order valence-electron chi connectivity index (χ1n) is 9.68. The Morgan fingerprint density at radius 2 is 1.57 bits per heavy atom. The van der Waals surface area contributed by atoms with Crippen molar-refractivity contribution in [2.24, 2.45) is 5.92 Å². The summed E-state index contributed by atoms with van der Waals surface area (Å²) < 4.78 is 11.9. The molecular weight excluding hydrogens is 416 g/mol. The van der Waals surface area contributed by atoms with E-state index in [1.807, 2.05) is 30.3 Å². The van der Waals surface area contributed by atoms with Gasteiger partial charge in [-0.2, -0.15) is 0 Å². The van der Waals surface area contributed by atoms with Gasteiger partial charge in [-0.25, -0.2) is 0 Å². The van der Waals surface area contributed by atoms with E-state index in [2.05, 4.69) is 74.8 Å². The first kappa shape index (κ1) is 24.4. The Morgan fingerprint density at radius 3 is 2.07 bits per heavy atom. The van der Waals surface area contributed by atoms with Gasteiger partial charge in [0.1, 0.15) is 6.61 Å². The number of hydrogen-bond acceptors (Lipinski definition) is 3. The molecule has 0 aliphatic carbocycles. The zero-order valence-electron chi connectivity index (χ0n) is 17.9. The number of rotatable bonds is 7. The Balaban J connectivity index is 0.000000307. The highest BCUT2D eigenvalue weighted by atomic mass is 79.9. The molecule has 2 rings (SSSR count). The minimum atomic E-state index is -0.242. The third kappa shape index (κ3) is 9.52. The number of benzene rings is 2. The van der Waals surface area contributed by atoms with E-state index in [1.54, 1.807) is 0 Å². The van der Waals surface area contributed by atoms with Gasteiger partial charge in [-0.3, -0.25) is 4.79 Å². The van der Waals surface area contributed by atoms with Gasteiger partial charge in [0.05, 0.1) is 12.2 Å². The van der Waals surface area contributed by atoms with Crippen LogP contribution >= 0.6 is 15.9 Å². The van der Waals surface area contributed by atoms with Crippen molar-refractivity contribution in [2.75, 3.05) is 6.61 Å². The smallest absolute Gasteiger partial charge is 0.302 e. The molecule has 2 aromatic rings. The van der Waals surface area contributed by atoms with E-state index in [0.717, 1.165) is 16.6 Å². The Hall–Kier alpha value is -1.65. The summed E-state index contributed by atoms with van der Waals surface area (Å²) in [4.78, 5) is 10.4. The van der Waals surface area contributed by atoms with E-state index in [4.69, 9.17) is 9.47 Å². The lowest BCUT2D eigenvalue weighted by molar-refractivity contribution is -0.142. The highest BCUT2D eigenvalue weighted by molar-refractivity contribution is 9.10. The van der Waals surface area contributed by atoms with Crippen molar-refractivity contribution >= 4 is 21.9 Å². The summed E-state index contributed by atoms with van der Waals surface area (Å²) in [5.41, 5.74) is 2.29. The molecule has 0 spiro atoms. The van der Waals surface area contributed by atoms with E-state index in [1.165, 1.54) is 12.5 Å². The van der Waals surface area contributed by atoms with Crippen molar-refractivity contribution in [1.29, 1.82) is 0 Å². The van der Waals surface area contributed by atoms with Crippen LogP contribution < -0.4 is 0 Å². The van der Waals surface area contributed by atoms with Crippen molar-refractivity contribution in [3.63, 3.8) is 0 Å². The molecule has 28 heavy (non-hydrogen) atoms. The summed E-state index contributed by atoms with van der Waals surface area (Å²) in [6, 6.07) is 18.1. The van der Waals surface area contributed by atoms with Crippen LogP contribution in [0.25, 0.3) is 0 Å². The van der Waals surface area contributed by atoms with E-state index in [0.29, 0.717) is 18.4 Å². The van der Waals surface area contributed by atoms with Crippen LogP contribution in [0.4, 0.5) is 0 Å². The van der Waals surface area contributed by atoms with Gasteiger partial charge in [0.15, 0.2) is 0 Å². The molecule has 1 atom stereocenters. The maximum absolute atomic E-state index is 10.4. The maximum Gasteiger partial charge on any atom is 0.302 e. The molecule has 0 heterocycles. The average molecular weight is 449 g/mol. The largest absolute Gasteiger partial charge is 0.461 e. The number of ether oxygens (including phenoxy) is 2. The average Bonchev–Trinajstić information content (AvgIpc) is 2.66. The number of carbonyl (C=O) groups excluding carboxylic acids is 1. The molecule has 0 saturated heterocycles. The molecule has 1 unspecified atom stereocenters. The molecular formula is C24H33BrO3. The Bertz CT molecular complexity index is 694. The van der Waals surface area contributed by atoms with Gasteiger partial charge in [-0.15, -0.1) is 0 Å². The summed E-state index contributed by atoms with van der Waals surface area (Å²) in [7, 11) is 0. The van der Waals surface area contributed by atoms with Gasteiger partial charge >= 0.3 is 5.97 Å². The second-order valence-corrected chi connectivity index (χ2v) is 8.70. The van der Waals surface area contributed by atoms with Gasteiger partial charge in [-0.05, 0) is 43.0 Å². The van der Waals surface area contributed by atoms with Crippen molar-refractivity contribution in [1.82, 2.24) is 0 Å². The first-order valence-corrected chi connectivity index (χ1v) is 10.5. The first-order chi connectivity index (χ1) is 13.1. The van der Waals surface area contributed by atoms with Crippen LogP contribution in [0.15, 0.2) is 59.1 Å². The second-order valence-electron chi connectivity index (χ2n) is 7.79. The SMILES string of the molecule is CC(=O)OCc1ccccc1.CC(COC(C)(C)C(C)C)c1ccc(Br)cc1. The molecule has 0 N–H and O–H groups in total. The summed E-state index contributed by atoms with van der Waals surface area (Å²) in [6.45, 7) is 13.5. The Morgan fingerprint density at radius 1 is 1.00 bits per heavy atom. The summed E-state index contributed by atoms with van der Waals surface area (Å²) in [5, 5.41) is 0. The van der Waals surface area contributed by atoms with Gasteiger partial charge in [0.25, 0.3) is 0 Å². The Kier molecular flexibility index (Phi) is 10.5. The summed E-state index contributed by atoms with van der Waals surface area (Å²) in [6.07, 6.45) is 0. The molecule has 0 amide bonds. The summed E-state index contributed by atoms with van der Waals surface area (Å²) >= 11 is 3.45. The van der Waals surface area contributed by atoms with E-state index in [-0.39, 0.29) is 11.6 Å². The predicted octanol–water partition coefficient (Wildman–Crippen LogP) is 6.75. The number of halogens is 1. The molecule has 0 aromatic heterocycles. The van der Waals surface area contributed by atoms with Crippen LogP contribution in [0.3, 0.4) is 0 Å². The van der Waals surface area contributed by atoms with Gasteiger partial charge in [0.2, 0.25) is 0 Å². The van der Waals surface area contributed by atoms with Gasteiger partial charge in [0, 0.05) is 17.3 Å². The van der Waals surface area contributed by atoms with E-state index in [9.17, 15) is 4.79 Å². The monoisotopic (exact) mass is 448 g/mol. The van der Waals surface area contributed by atoms with Crippen LogP contribution in [0.2, 0.25) is 0 Å². The van der Waals surface area contributed by atoms with Crippen molar-refractivity contribution in [3.8, 4) is 0 Å². The fourth-order valence-electron chi connectivity index (χ4n) is 2.15. The van der Waals surface area contributed by atoms with Crippen LogP contribution in [0, 0.1) is 5.92 Å². The fourth-order valence-corrected chi connectivity index (χ4v) is 2.42. The van der Waals surface area contributed by atoms with Crippen LogP contribution in [-0.4, -0.2) is 18.2 Å². The molecule has 0 radical (unpaired) electrons. The Labute approximate surface area is 178 Å². The highest BCUT2D eigenvalue weighted by Crippen LogP contribution is 2.24. The normalized spacial score (nSPS) is 12.1. The van der Waals surface area contributed by atoms with Gasteiger partial charge < -0.3 is 9.47 Å². The van der Waals surface area contributed by atoms with Gasteiger partial charge in [-0.1, -0.05) is 79.2 Å². The van der Waals surface area contributed by atoms with E-state index < -0.39 is 0 Å². The quantitative estimate of drug-likeness (QED) is 0.439. The minimum Gasteiger partial charge on any atom is -0.461 e. The molecule has 0 fully saturated rings. The number of carbonyl (C=O) groups is 1. The van der Waals surface area contributed by atoms with Crippen LogP contribution in [-0.2, 0) is 20.9 Å². The number of hydrogen-bond donors (Lipinski definition) is 0. The van der Waals surface area contributed by atoms with Crippen molar-refractivity contribution < 1.29 is 14.3 Å². The van der Waals surface area contributed by atoms with E-state index >= 15 is 0 Å². The third-order valence-corrected chi connectivity index (χ3v) is 5.35.